The fourth-order valence-corrected chi connectivity index (χ4v) is 4.88. The summed E-state index contributed by atoms with van der Waals surface area (Å²) in [4.78, 5) is 17.9. The number of likely N-dealkylation sites (tertiary alicyclic amines) is 1. The number of benzene rings is 1. The van der Waals surface area contributed by atoms with Crippen LogP contribution in [0.4, 0.5) is 0 Å². The van der Waals surface area contributed by atoms with Gasteiger partial charge in [0.15, 0.2) is 0 Å². The molecule has 27 heavy (non-hydrogen) atoms. The van der Waals surface area contributed by atoms with Crippen LogP contribution in [0.1, 0.15) is 63.0 Å². The first-order valence-electron chi connectivity index (χ1n) is 10.5. The second kappa shape index (κ2) is 9.40. The molecule has 0 spiro atoms. The number of carbonyl (C=O) groups excluding carboxylic acids is 1. The van der Waals surface area contributed by atoms with Gasteiger partial charge in [-0.2, -0.15) is 0 Å². The molecule has 1 saturated carbocycles. The molecule has 4 nitrogen and oxygen atoms in total. The number of halogens is 1. The van der Waals surface area contributed by atoms with Crippen molar-refractivity contribution in [1.29, 1.82) is 0 Å². The van der Waals surface area contributed by atoms with Gasteiger partial charge in [0.25, 0.3) is 0 Å². The van der Waals surface area contributed by atoms with Crippen LogP contribution in [0.3, 0.4) is 0 Å². The summed E-state index contributed by atoms with van der Waals surface area (Å²) in [6.07, 6.45) is 9.81. The van der Waals surface area contributed by atoms with Crippen LogP contribution in [-0.2, 0) is 4.79 Å². The highest BCUT2D eigenvalue weighted by Crippen LogP contribution is 2.31. The van der Waals surface area contributed by atoms with E-state index in [4.69, 9.17) is 11.6 Å². The third kappa shape index (κ3) is 5.46. The smallest absolute Gasteiger partial charge is 0.242 e. The van der Waals surface area contributed by atoms with Crippen LogP contribution in [0, 0.1) is 0 Å². The number of likely N-dealkylation sites (N-methyl/N-ethyl adjacent to an activating group) is 1. The lowest BCUT2D eigenvalue weighted by Gasteiger charge is -2.44. The maximum Gasteiger partial charge on any atom is 0.242 e. The summed E-state index contributed by atoms with van der Waals surface area (Å²) < 4.78 is 0. The number of rotatable bonds is 6. The van der Waals surface area contributed by atoms with Crippen molar-refractivity contribution in [2.75, 3.05) is 33.7 Å². The third-order valence-electron chi connectivity index (χ3n) is 6.12. The molecule has 1 saturated heterocycles. The Balaban J connectivity index is 1.76. The number of hydrogen-bond acceptors (Lipinski definition) is 3. The van der Waals surface area contributed by atoms with Gasteiger partial charge in [0, 0.05) is 11.6 Å². The van der Waals surface area contributed by atoms with Crippen LogP contribution in [0.2, 0.25) is 5.02 Å². The zero-order valence-corrected chi connectivity index (χ0v) is 17.6. The molecule has 5 heteroatoms. The van der Waals surface area contributed by atoms with Crippen molar-refractivity contribution >= 4 is 17.5 Å². The van der Waals surface area contributed by atoms with Crippen molar-refractivity contribution in [2.45, 2.75) is 62.9 Å². The topological polar surface area (TPSA) is 35.6 Å². The van der Waals surface area contributed by atoms with E-state index in [1.54, 1.807) is 0 Å². The van der Waals surface area contributed by atoms with E-state index in [-0.39, 0.29) is 17.5 Å². The first kappa shape index (κ1) is 20.6. The van der Waals surface area contributed by atoms with Gasteiger partial charge in [-0.3, -0.25) is 9.69 Å². The molecule has 1 aromatic carbocycles. The van der Waals surface area contributed by atoms with Crippen molar-refractivity contribution in [2.24, 2.45) is 0 Å². The van der Waals surface area contributed by atoms with E-state index in [1.165, 1.54) is 51.6 Å². The monoisotopic (exact) mass is 391 g/mol. The van der Waals surface area contributed by atoms with Crippen LogP contribution < -0.4 is 5.32 Å². The molecule has 1 atom stereocenters. The minimum Gasteiger partial charge on any atom is -0.348 e. The Morgan fingerprint density at radius 2 is 1.67 bits per heavy atom. The minimum atomic E-state index is -0.289. The second-order valence-electron chi connectivity index (χ2n) is 8.58. The molecule has 0 bridgehead atoms. The average Bonchev–Trinajstić information content (AvgIpc) is 2.64. The molecule has 1 amide bonds. The molecule has 1 heterocycles. The fraction of sp³-hybridized carbons (Fsp3) is 0.682. The summed E-state index contributed by atoms with van der Waals surface area (Å²) in [5.74, 6) is 0.112. The van der Waals surface area contributed by atoms with Gasteiger partial charge in [-0.05, 0) is 70.6 Å². The summed E-state index contributed by atoms with van der Waals surface area (Å²) >= 11 is 6.04. The predicted molar refractivity (Wildman–Crippen MR) is 112 cm³/mol. The maximum absolute atomic E-state index is 13.4. The van der Waals surface area contributed by atoms with Crippen LogP contribution >= 0.6 is 11.6 Å². The normalized spacial score (nSPS) is 21.8. The minimum absolute atomic E-state index is 0.0760. The molecule has 0 unspecified atom stereocenters. The van der Waals surface area contributed by atoms with Crippen molar-refractivity contribution in [3.8, 4) is 0 Å². The molecular weight excluding hydrogens is 358 g/mol. The average molecular weight is 392 g/mol. The van der Waals surface area contributed by atoms with Gasteiger partial charge < -0.3 is 10.2 Å². The summed E-state index contributed by atoms with van der Waals surface area (Å²) in [6, 6.07) is 7.37. The summed E-state index contributed by atoms with van der Waals surface area (Å²) in [5.41, 5.74) is 0.915. The highest BCUT2D eigenvalue weighted by Gasteiger charge is 2.38. The number of amides is 1. The Morgan fingerprint density at radius 1 is 1.07 bits per heavy atom. The maximum atomic E-state index is 13.4. The van der Waals surface area contributed by atoms with Crippen molar-refractivity contribution in [3.05, 3.63) is 34.9 Å². The molecule has 0 radical (unpaired) electrons. The Kier molecular flexibility index (Phi) is 7.18. The highest BCUT2D eigenvalue weighted by atomic mass is 35.5. The van der Waals surface area contributed by atoms with Gasteiger partial charge in [0.1, 0.15) is 6.04 Å². The molecule has 1 aliphatic heterocycles. The van der Waals surface area contributed by atoms with E-state index >= 15 is 0 Å². The first-order valence-corrected chi connectivity index (χ1v) is 10.8. The van der Waals surface area contributed by atoms with E-state index in [0.29, 0.717) is 5.02 Å². The van der Waals surface area contributed by atoms with Crippen LogP contribution in [0.25, 0.3) is 0 Å². The molecule has 1 aromatic rings. The molecule has 1 aliphatic carbocycles. The lowest BCUT2D eigenvalue weighted by atomic mass is 9.80. The van der Waals surface area contributed by atoms with Crippen LogP contribution in [-0.4, -0.2) is 55.0 Å². The van der Waals surface area contributed by atoms with Gasteiger partial charge in [-0.1, -0.05) is 49.4 Å². The van der Waals surface area contributed by atoms with E-state index in [1.807, 2.05) is 43.3 Å². The molecule has 3 rings (SSSR count). The van der Waals surface area contributed by atoms with Crippen molar-refractivity contribution < 1.29 is 4.79 Å². The molecule has 1 N–H and O–H groups in total. The molecular formula is C22H34ClN3O. The first-order chi connectivity index (χ1) is 13.0. The number of hydrogen-bond donors (Lipinski definition) is 1. The number of carbonyl (C=O) groups is 1. The van der Waals surface area contributed by atoms with Gasteiger partial charge in [-0.15, -0.1) is 0 Å². The zero-order chi connectivity index (χ0) is 19.3. The molecule has 2 fully saturated rings. The third-order valence-corrected chi connectivity index (χ3v) is 6.38. The standard InChI is InChI=1S/C22H34ClN3O/c1-25(2)20(18-9-11-19(23)12-10-18)21(27)24-22(13-5-3-6-14-22)17-26-15-7-4-8-16-26/h9-12,20H,3-8,13-17H2,1-2H3,(H,24,27)/t20-/m0/s1. The summed E-state index contributed by atoms with van der Waals surface area (Å²) in [6.45, 7) is 3.34. The SMILES string of the molecule is CN(C)[C@H](C(=O)NC1(CN2CCCCC2)CCCCC1)c1ccc(Cl)cc1. The molecule has 0 aromatic heterocycles. The number of nitrogens with zero attached hydrogens (tertiary/aromatic N) is 2. The Labute approximate surface area is 169 Å². The van der Waals surface area contributed by atoms with E-state index < -0.39 is 0 Å². The van der Waals surface area contributed by atoms with Gasteiger partial charge in [-0.25, -0.2) is 0 Å². The van der Waals surface area contributed by atoms with Gasteiger partial charge >= 0.3 is 0 Å². The quantitative estimate of drug-likeness (QED) is 0.787. The van der Waals surface area contributed by atoms with Gasteiger partial charge in [0.05, 0.1) is 5.54 Å². The van der Waals surface area contributed by atoms with E-state index in [9.17, 15) is 4.79 Å². The predicted octanol–water partition coefficient (Wildman–Crippen LogP) is 4.25. The summed E-state index contributed by atoms with van der Waals surface area (Å²) in [5, 5.41) is 4.22. The summed E-state index contributed by atoms with van der Waals surface area (Å²) in [7, 11) is 3.94. The lowest BCUT2D eigenvalue weighted by molar-refractivity contribution is -0.128. The fourth-order valence-electron chi connectivity index (χ4n) is 4.76. The zero-order valence-electron chi connectivity index (χ0n) is 16.8. The van der Waals surface area contributed by atoms with Gasteiger partial charge in [0.2, 0.25) is 5.91 Å². The highest BCUT2D eigenvalue weighted by molar-refractivity contribution is 6.30. The number of piperidine rings is 1. The van der Waals surface area contributed by atoms with Crippen LogP contribution in [0.5, 0.6) is 0 Å². The lowest BCUT2D eigenvalue weighted by Crippen LogP contribution is -2.58. The largest absolute Gasteiger partial charge is 0.348 e. The second-order valence-corrected chi connectivity index (χ2v) is 9.02. The van der Waals surface area contributed by atoms with Crippen LogP contribution in [0.15, 0.2) is 24.3 Å². The Morgan fingerprint density at radius 3 is 2.26 bits per heavy atom. The Hall–Kier alpha value is -1.10. The molecule has 150 valence electrons. The van der Waals surface area contributed by atoms with Crippen molar-refractivity contribution in [1.82, 2.24) is 15.1 Å². The van der Waals surface area contributed by atoms with E-state index in [0.717, 1.165) is 24.9 Å². The number of nitrogens with one attached hydrogen (secondary N) is 1. The van der Waals surface area contributed by atoms with Crippen molar-refractivity contribution in [3.63, 3.8) is 0 Å². The molecule has 2 aliphatic rings. The Bertz CT molecular complexity index is 604. The van der Waals surface area contributed by atoms with E-state index in [2.05, 4.69) is 10.2 Å².